The van der Waals surface area contributed by atoms with Crippen molar-refractivity contribution >= 4 is 5.91 Å². The number of carbonyl (C=O) groups is 1. The Balaban J connectivity index is 1.18. The smallest absolute Gasteiger partial charge is 0.266 e. The van der Waals surface area contributed by atoms with Crippen LogP contribution in [0.4, 0.5) is 0 Å². The summed E-state index contributed by atoms with van der Waals surface area (Å²) in [5.41, 5.74) is 11.1. The van der Waals surface area contributed by atoms with Gasteiger partial charge in [0.1, 0.15) is 0 Å². The van der Waals surface area contributed by atoms with Crippen molar-refractivity contribution in [2.75, 3.05) is 13.1 Å². The maximum Gasteiger partial charge on any atom is 0.266 e. The maximum absolute atomic E-state index is 13.0. The Morgan fingerprint density at radius 2 is 1.77 bits per heavy atom. The van der Waals surface area contributed by atoms with Crippen LogP contribution in [-0.4, -0.2) is 50.7 Å². The second-order valence-corrected chi connectivity index (χ2v) is 8.88. The lowest BCUT2D eigenvalue weighted by atomic mass is 9.82. The third kappa shape index (κ3) is 4.39. The molecule has 9 nitrogen and oxygen atoms in total. The van der Waals surface area contributed by atoms with Crippen molar-refractivity contribution in [1.82, 2.24) is 36.1 Å². The highest BCUT2D eigenvalue weighted by atomic mass is 16.2. The molecule has 164 valence electrons. The molecule has 2 aromatic heterocycles. The van der Waals surface area contributed by atoms with E-state index in [9.17, 15) is 9.59 Å². The lowest BCUT2D eigenvalue weighted by molar-refractivity contribution is -0.138. The Hall–Kier alpha value is -2.62. The molecule has 2 aromatic rings. The molecule has 2 saturated heterocycles. The molecule has 4 heterocycles. The number of likely N-dealkylation sites (tertiary alicyclic amines) is 1. The predicted molar refractivity (Wildman–Crippen MR) is 115 cm³/mol. The normalized spacial score (nSPS) is 26.6. The number of piperidine rings is 1. The number of pyridine rings is 1. The molecule has 0 radical (unpaired) electrons. The topological polar surface area (TPSA) is 104 Å². The predicted octanol–water partition coefficient (Wildman–Crippen LogP) is 0.694. The summed E-state index contributed by atoms with van der Waals surface area (Å²) in [5.74, 6) is 0.747. The van der Waals surface area contributed by atoms with Crippen LogP contribution in [-0.2, 0) is 11.3 Å². The Morgan fingerprint density at radius 1 is 1.00 bits per heavy atom. The molecule has 1 amide bonds. The van der Waals surface area contributed by atoms with Gasteiger partial charge in [0.25, 0.3) is 5.56 Å². The minimum absolute atomic E-state index is 0.0839. The molecule has 0 spiro atoms. The summed E-state index contributed by atoms with van der Waals surface area (Å²) in [6, 6.07) is 7.87. The minimum atomic E-state index is -0.0839. The molecule has 3 N–H and O–H groups in total. The van der Waals surface area contributed by atoms with E-state index < -0.39 is 0 Å². The lowest BCUT2D eigenvalue weighted by Gasteiger charge is -2.37. The van der Waals surface area contributed by atoms with E-state index >= 15 is 0 Å². The van der Waals surface area contributed by atoms with Gasteiger partial charge in [-0.05, 0) is 56.2 Å². The first-order valence-corrected chi connectivity index (χ1v) is 11.2. The van der Waals surface area contributed by atoms with Crippen LogP contribution < -0.4 is 21.9 Å². The van der Waals surface area contributed by atoms with Crippen LogP contribution in [0.5, 0.6) is 0 Å². The first-order chi connectivity index (χ1) is 15.2. The number of carbonyl (C=O) groups excluding carboxylic acids is 1. The van der Waals surface area contributed by atoms with Crippen LogP contribution in [0.25, 0.3) is 11.3 Å². The van der Waals surface area contributed by atoms with Crippen molar-refractivity contribution in [2.24, 2.45) is 11.8 Å². The van der Waals surface area contributed by atoms with Crippen LogP contribution in [0.2, 0.25) is 0 Å². The van der Waals surface area contributed by atoms with Crippen molar-refractivity contribution in [3.63, 3.8) is 0 Å². The monoisotopic (exact) mass is 423 g/mol. The molecule has 31 heavy (non-hydrogen) atoms. The molecular weight excluding hydrogens is 394 g/mol. The van der Waals surface area contributed by atoms with E-state index in [1.165, 1.54) is 0 Å². The Morgan fingerprint density at radius 3 is 2.58 bits per heavy atom. The van der Waals surface area contributed by atoms with Gasteiger partial charge in [0, 0.05) is 61.7 Å². The zero-order valence-corrected chi connectivity index (χ0v) is 17.5. The summed E-state index contributed by atoms with van der Waals surface area (Å²) < 4.78 is 1.57. The number of hydrogen-bond donors (Lipinski definition) is 3. The average molecular weight is 424 g/mol. The van der Waals surface area contributed by atoms with E-state index in [0.717, 1.165) is 56.5 Å². The SMILES string of the molecule is O=C(C1CCC2NNNC2C1)N1CCC(Cn2nc(-c3ccncc3)ccc2=O)CC1. The molecule has 3 atom stereocenters. The largest absolute Gasteiger partial charge is 0.342 e. The molecule has 1 saturated carbocycles. The fourth-order valence-electron chi connectivity index (χ4n) is 5.05. The number of amides is 1. The summed E-state index contributed by atoms with van der Waals surface area (Å²) in [6.45, 7) is 2.11. The van der Waals surface area contributed by atoms with Crippen molar-refractivity contribution in [1.29, 1.82) is 0 Å². The first kappa shape index (κ1) is 20.3. The molecule has 3 unspecified atom stereocenters. The lowest BCUT2D eigenvalue weighted by Crippen LogP contribution is -2.47. The highest BCUT2D eigenvalue weighted by molar-refractivity contribution is 5.79. The van der Waals surface area contributed by atoms with Gasteiger partial charge < -0.3 is 4.90 Å². The van der Waals surface area contributed by atoms with Crippen LogP contribution in [0.15, 0.2) is 41.5 Å². The molecule has 1 aliphatic carbocycles. The van der Waals surface area contributed by atoms with Gasteiger partial charge in [-0.1, -0.05) is 0 Å². The zero-order valence-electron chi connectivity index (χ0n) is 17.5. The van der Waals surface area contributed by atoms with Crippen LogP contribution in [0.1, 0.15) is 32.1 Å². The number of nitrogens with one attached hydrogen (secondary N) is 3. The summed E-state index contributed by atoms with van der Waals surface area (Å²) in [4.78, 5) is 31.5. The standard InChI is InChI=1S/C22H29N7O2/c30-21-4-3-18(16-5-9-23-10-6-16)26-29(21)14-15-7-11-28(12-8-15)22(31)17-1-2-19-20(13-17)25-27-24-19/h3-6,9-10,15,17,19-20,24-25,27H,1-2,7-8,11-14H2. The van der Waals surface area contributed by atoms with E-state index in [0.29, 0.717) is 30.5 Å². The van der Waals surface area contributed by atoms with Gasteiger partial charge in [-0.15, -0.1) is 0 Å². The fraction of sp³-hybridized carbons (Fsp3) is 0.545. The van der Waals surface area contributed by atoms with Crippen molar-refractivity contribution in [2.45, 2.75) is 50.7 Å². The van der Waals surface area contributed by atoms with Gasteiger partial charge in [0.05, 0.1) is 5.69 Å². The highest BCUT2D eigenvalue weighted by Gasteiger charge is 2.38. The van der Waals surface area contributed by atoms with Crippen molar-refractivity contribution in [3.8, 4) is 11.3 Å². The van der Waals surface area contributed by atoms with Gasteiger partial charge >= 0.3 is 0 Å². The van der Waals surface area contributed by atoms with Crippen molar-refractivity contribution < 1.29 is 4.79 Å². The molecular formula is C22H29N7O2. The first-order valence-electron chi connectivity index (χ1n) is 11.2. The minimum Gasteiger partial charge on any atom is -0.342 e. The third-order valence-corrected chi connectivity index (χ3v) is 6.91. The number of hydrazine groups is 2. The second-order valence-electron chi connectivity index (χ2n) is 8.88. The third-order valence-electron chi connectivity index (χ3n) is 6.91. The average Bonchev–Trinajstić information content (AvgIpc) is 3.29. The fourth-order valence-corrected chi connectivity index (χ4v) is 5.05. The van der Waals surface area contributed by atoms with Gasteiger partial charge in [-0.3, -0.25) is 14.6 Å². The molecule has 9 heteroatoms. The molecule has 5 rings (SSSR count). The number of rotatable bonds is 4. The van der Waals surface area contributed by atoms with E-state index in [4.69, 9.17) is 0 Å². The maximum atomic E-state index is 13.0. The molecule has 3 fully saturated rings. The zero-order chi connectivity index (χ0) is 21.2. The van der Waals surface area contributed by atoms with Crippen LogP contribution in [0, 0.1) is 11.8 Å². The van der Waals surface area contributed by atoms with E-state index in [1.807, 2.05) is 17.0 Å². The number of hydrogen-bond acceptors (Lipinski definition) is 7. The second kappa shape index (κ2) is 8.86. The van der Waals surface area contributed by atoms with Crippen LogP contribution >= 0.6 is 0 Å². The number of nitrogens with zero attached hydrogens (tertiary/aromatic N) is 4. The van der Waals surface area contributed by atoms with Crippen LogP contribution in [0.3, 0.4) is 0 Å². The highest BCUT2D eigenvalue weighted by Crippen LogP contribution is 2.29. The van der Waals surface area contributed by atoms with E-state index in [-0.39, 0.29) is 11.5 Å². The van der Waals surface area contributed by atoms with E-state index in [1.54, 1.807) is 29.2 Å². The van der Waals surface area contributed by atoms with Gasteiger partial charge in [-0.25, -0.2) is 15.5 Å². The Kier molecular flexibility index (Phi) is 5.80. The molecule has 3 aliphatic rings. The van der Waals surface area contributed by atoms with Crippen molar-refractivity contribution in [3.05, 3.63) is 47.0 Å². The molecule has 0 aromatic carbocycles. The summed E-state index contributed by atoms with van der Waals surface area (Å²) in [5, 5.41) is 4.57. The van der Waals surface area contributed by atoms with Gasteiger partial charge in [0.15, 0.2) is 0 Å². The van der Waals surface area contributed by atoms with E-state index in [2.05, 4.69) is 26.5 Å². The van der Waals surface area contributed by atoms with Gasteiger partial charge in [0.2, 0.25) is 5.91 Å². The number of aromatic nitrogens is 3. The molecule has 0 bridgehead atoms. The summed E-state index contributed by atoms with van der Waals surface area (Å²) in [7, 11) is 0. The van der Waals surface area contributed by atoms with Gasteiger partial charge in [-0.2, -0.15) is 10.6 Å². The quantitative estimate of drug-likeness (QED) is 0.665. The molecule has 2 aliphatic heterocycles. The number of fused-ring (bicyclic) bond motifs is 1. The Labute approximate surface area is 181 Å². The summed E-state index contributed by atoms with van der Waals surface area (Å²) >= 11 is 0. The Bertz CT molecular complexity index is 971. The summed E-state index contributed by atoms with van der Waals surface area (Å²) in [6.07, 6.45) is 8.09.